The number of alkyl halides is 2. The van der Waals surface area contributed by atoms with Gasteiger partial charge in [-0.3, -0.25) is 0 Å². The van der Waals surface area contributed by atoms with Gasteiger partial charge < -0.3 is 4.74 Å². The molecule has 3 rings (SSSR count). The first-order chi connectivity index (χ1) is 11.0. The second-order valence-corrected chi connectivity index (χ2v) is 4.95. The van der Waals surface area contributed by atoms with Crippen LogP contribution in [0.15, 0.2) is 24.5 Å². The van der Waals surface area contributed by atoms with Gasteiger partial charge in [0.05, 0.1) is 0 Å². The molecule has 0 aliphatic carbocycles. The molecule has 0 amide bonds. The number of benzene rings is 1. The van der Waals surface area contributed by atoms with E-state index in [0.29, 0.717) is 0 Å². The summed E-state index contributed by atoms with van der Waals surface area (Å²) in [6.07, 6.45) is 1.19. The normalized spacial score (nSPS) is 11.2. The second-order valence-electron chi connectivity index (χ2n) is 4.51. The Morgan fingerprint density at radius 1 is 1.17 bits per heavy atom. The predicted molar refractivity (Wildman–Crippen MR) is 76.9 cm³/mol. The molecular formula is C14H8ClF3N4O. The number of hydrogen-bond acceptors (Lipinski definition) is 5. The summed E-state index contributed by atoms with van der Waals surface area (Å²) in [7, 11) is 0. The quantitative estimate of drug-likeness (QED) is 0.726. The number of ether oxygens (including phenoxy) is 1. The summed E-state index contributed by atoms with van der Waals surface area (Å²) in [5.74, 6) is -0.992. The van der Waals surface area contributed by atoms with Crippen LogP contribution in [0.1, 0.15) is 5.69 Å². The van der Waals surface area contributed by atoms with Crippen LogP contribution >= 0.6 is 11.6 Å². The molecule has 0 aliphatic rings. The SMILES string of the molecule is Cc1nc2ncnc(-c3ccc(Cl)cc3F)c2nc1OC(F)F. The van der Waals surface area contributed by atoms with Crippen LogP contribution in [0.3, 0.4) is 0 Å². The van der Waals surface area contributed by atoms with Crippen molar-refractivity contribution in [3.8, 4) is 17.1 Å². The van der Waals surface area contributed by atoms with Crippen molar-refractivity contribution >= 4 is 22.8 Å². The van der Waals surface area contributed by atoms with E-state index >= 15 is 0 Å². The van der Waals surface area contributed by atoms with Gasteiger partial charge in [0, 0.05) is 10.6 Å². The first kappa shape index (κ1) is 15.4. The van der Waals surface area contributed by atoms with Crippen LogP contribution in [0, 0.1) is 12.7 Å². The van der Waals surface area contributed by atoms with Crippen LogP contribution in [0.5, 0.6) is 5.88 Å². The Bertz CT molecular complexity index is 891. The third-order valence-electron chi connectivity index (χ3n) is 2.99. The molecule has 2 aromatic heterocycles. The Morgan fingerprint density at radius 2 is 1.96 bits per heavy atom. The standard InChI is InChI=1S/C14H8ClF3N4O/c1-6-13(23-14(17)18)22-11-10(19-5-20-12(11)21-6)8-3-2-7(15)4-9(8)16/h2-5,14H,1H3. The van der Waals surface area contributed by atoms with Crippen LogP contribution in [0.2, 0.25) is 5.02 Å². The van der Waals surface area contributed by atoms with Gasteiger partial charge >= 0.3 is 6.61 Å². The highest BCUT2D eigenvalue weighted by atomic mass is 35.5. The van der Waals surface area contributed by atoms with Gasteiger partial charge in [-0.1, -0.05) is 11.6 Å². The van der Waals surface area contributed by atoms with Gasteiger partial charge in [0.25, 0.3) is 0 Å². The lowest BCUT2D eigenvalue weighted by atomic mass is 10.1. The van der Waals surface area contributed by atoms with Crippen molar-refractivity contribution in [2.75, 3.05) is 0 Å². The number of nitrogens with zero attached hydrogens (tertiary/aromatic N) is 4. The average Bonchev–Trinajstić information content (AvgIpc) is 2.47. The molecule has 0 unspecified atom stereocenters. The minimum absolute atomic E-state index is 0.0509. The number of aryl methyl sites for hydroxylation is 1. The molecule has 23 heavy (non-hydrogen) atoms. The van der Waals surface area contributed by atoms with E-state index in [-0.39, 0.29) is 39.0 Å². The highest BCUT2D eigenvalue weighted by Crippen LogP contribution is 2.29. The lowest BCUT2D eigenvalue weighted by molar-refractivity contribution is -0.0533. The van der Waals surface area contributed by atoms with Crippen molar-refractivity contribution in [2.45, 2.75) is 13.5 Å². The van der Waals surface area contributed by atoms with E-state index in [4.69, 9.17) is 11.6 Å². The molecule has 0 saturated carbocycles. The van der Waals surface area contributed by atoms with Crippen molar-refractivity contribution in [3.63, 3.8) is 0 Å². The Kier molecular flexibility index (Phi) is 3.99. The Labute approximate surface area is 133 Å². The monoisotopic (exact) mass is 340 g/mol. The summed E-state index contributed by atoms with van der Waals surface area (Å²) >= 11 is 5.72. The van der Waals surface area contributed by atoms with Crippen molar-refractivity contribution < 1.29 is 17.9 Å². The summed E-state index contributed by atoms with van der Waals surface area (Å²) in [5.41, 5.74) is 0.538. The minimum Gasteiger partial charge on any atom is -0.415 e. The number of rotatable bonds is 3. The van der Waals surface area contributed by atoms with E-state index in [0.717, 1.165) is 6.07 Å². The van der Waals surface area contributed by atoms with Crippen molar-refractivity contribution in [1.29, 1.82) is 0 Å². The summed E-state index contributed by atoms with van der Waals surface area (Å²) in [4.78, 5) is 15.9. The molecule has 0 saturated heterocycles. The van der Waals surface area contributed by atoms with E-state index in [1.54, 1.807) is 0 Å². The van der Waals surface area contributed by atoms with Crippen LogP contribution < -0.4 is 4.74 Å². The molecule has 0 N–H and O–H groups in total. The lowest BCUT2D eigenvalue weighted by Gasteiger charge is -2.09. The predicted octanol–water partition coefficient (Wildman–Crippen LogP) is 3.79. The van der Waals surface area contributed by atoms with Crippen LogP contribution in [0.4, 0.5) is 13.2 Å². The molecule has 9 heteroatoms. The molecule has 2 heterocycles. The third kappa shape index (κ3) is 3.02. The van der Waals surface area contributed by atoms with Gasteiger partial charge in [-0.15, -0.1) is 0 Å². The fourth-order valence-corrected chi connectivity index (χ4v) is 2.18. The molecule has 118 valence electrons. The molecule has 0 bridgehead atoms. The zero-order chi connectivity index (χ0) is 16.6. The maximum absolute atomic E-state index is 14.1. The molecule has 0 radical (unpaired) electrons. The summed E-state index contributed by atoms with van der Waals surface area (Å²) in [5, 5.41) is 0.216. The van der Waals surface area contributed by atoms with E-state index in [2.05, 4.69) is 24.7 Å². The zero-order valence-corrected chi connectivity index (χ0v) is 12.4. The Hall–Kier alpha value is -2.48. The van der Waals surface area contributed by atoms with Crippen molar-refractivity contribution in [1.82, 2.24) is 19.9 Å². The van der Waals surface area contributed by atoms with Gasteiger partial charge in [0.15, 0.2) is 5.65 Å². The number of aromatic nitrogens is 4. The van der Waals surface area contributed by atoms with Crippen LogP contribution in [0.25, 0.3) is 22.4 Å². The summed E-state index contributed by atoms with van der Waals surface area (Å²) in [6.45, 7) is -1.60. The fraction of sp³-hybridized carbons (Fsp3) is 0.143. The van der Waals surface area contributed by atoms with E-state index in [9.17, 15) is 13.2 Å². The van der Waals surface area contributed by atoms with E-state index in [1.807, 2.05) is 0 Å². The smallest absolute Gasteiger partial charge is 0.388 e. The lowest BCUT2D eigenvalue weighted by Crippen LogP contribution is -2.07. The first-order valence-electron chi connectivity index (χ1n) is 6.35. The maximum Gasteiger partial charge on any atom is 0.388 e. The maximum atomic E-state index is 14.1. The average molecular weight is 341 g/mol. The topological polar surface area (TPSA) is 60.8 Å². The van der Waals surface area contributed by atoms with Crippen molar-refractivity contribution in [3.05, 3.63) is 41.1 Å². The molecule has 0 atom stereocenters. The molecule has 5 nitrogen and oxygen atoms in total. The van der Waals surface area contributed by atoms with E-state index in [1.165, 1.54) is 25.4 Å². The molecule has 0 fully saturated rings. The highest BCUT2D eigenvalue weighted by Gasteiger charge is 2.17. The molecule has 0 spiro atoms. The molecule has 0 aliphatic heterocycles. The Morgan fingerprint density at radius 3 is 2.65 bits per heavy atom. The van der Waals surface area contributed by atoms with Gasteiger partial charge in [0.2, 0.25) is 5.88 Å². The molecule has 1 aromatic carbocycles. The number of fused-ring (bicyclic) bond motifs is 1. The largest absolute Gasteiger partial charge is 0.415 e. The van der Waals surface area contributed by atoms with E-state index < -0.39 is 12.4 Å². The van der Waals surface area contributed by atoms with Crippen molar-refractivity contribution in [2.24, 2.45) is 0 Å². The van der Waals surface area contributed by atoms with Gasteiger partial charge in [-0.25, -0.2) is 24.3 Å². The molecular weight excluding hydrogens is 333 g/mol. The molecule has 3 aromatic rings. The fourth-order valence-electron chi connectivity index (χ4n) is 2.02. The third-order valence-corrected chi connectivity index (χ3v) is 3.22. The first-order valence-corrected chi connectivity index (χ1v) is 6.73. The van der Waals surface area contributed by atoms with Gasteiger partial charge in [-0.05, 0) is 25.1 Å². The minimum atomic E-state index is -3.05. The second kappa shape index (κ2) is 5.96. The van der Waals surface area contributed by atoms with Gasteiger partial charge in [0.1, 0.15) is 29.0 Å². The Balaban J connectivity index is 2.24. The summed E-state index contributed by atoms with van der Waals surface area (Å²) < 4.78 is 43.3. The van der Waals surface area contributed by atoms with Gasteiger partial charge in [-0.2, -0.15) is 8.78 Å². The number of halogens is 4. The zero-order valence-electron chi connectivity index (χ0n) is 11.6. The van der Waals surface area contributed by atoms with Crippen LogP contribution in [-0.4, -0.2) is 26.5 Å². The number of hydrogen-bond donors (Lipinski definition) is 0. The van der Waals surface area contributed by atoms with Crippen LogP contribution in [-0.2, 0) is 0 Å². The highest BCUT2D eigenvalue weighted by molar-refractivity contribution is 6.30. The summed E-state index contributed by atoms with van der Waals surface area (Å²) in [6, 6.07) is 4.00.